The van der Waals surface area contributed by atoms with E-state index in [1.54, 1.807) is 6.07 Å². The minimum absolute atomic E-state index is 0.123. The molecule has 0 radical (unpaired) electrons. The lowest BCUT2D eigenvalue weighted by atomic mass is 9.88. The molecule has 1 N–H and O–H groups in total. The van der Waals surface area contributed by atoms with Crippen LogP contribution in [0.1, 0.15) is 39.7 Å². The number of ether oxygens (including phenoxy) is 1. The number of amides is 1. The van der Waals surface area contributed by atoms with Crippen molar-refractivity contribution >= 4 is 39.8 Å². The fourth-order valence-corrected chi connectivity index (χ4v) is 6.16. The number of carbonyl (C=O) groups excluding carboxylic acids is 2. The Labute approximate surface area is 202 Å². The second kappa shape index (κ2) is 10.5. The van der Waals surface area contributed by atoms with Crippen molar-refractivity contribution in [2.24, 2.45) is 5.92 Å². The van der Waals surface area contributed by atoms with Gasteiger partial charge in [0.15, 0.2) is 0 Å². The quantitative estimate of drug-likeness (QED) is 0.611. The van der Waals surface area contributed by atoms with Crippen LogP contribution >= 0.6 is 22.9 Å². The van der Waals surface area contributed by atoms with E-state index in [-0.39, 0.29) is 24.2 Å². The summed E-state index contributed by atoms with van der Waals surface area (Å²) in [6.45, 7) is 6.20. The van der Waals surface area contributed by atoms with Crippen LogP contribution in [0, 0.1) is 11.7 Å². The van der Waals surface area contributed by atoms with E-state index >= 15 is 0 Å². The van der Waals surface area contributed by atoms with Crippen molar-refractivity contribution < 1.29 is 18.7 Å². The van der Waals surface area contributed by atoms with Crippen LogP contribution in [0.3, 0.4) is 0 Å². The number of hydrogen-bond donors (Lipinski definition) is 1. The molecule has 2 heterocycles. The molecule has 33 heavy (non-hydrogen) atoms. The van der Waals surface area contributed by atoms with Crippen molar-refractivity contribution in [3.63, 3.8) is 0 Å². The lowest BCUT2D eigenvalue weighted by Gasteiger charge is -2.34. The molecule has 1 aliphatic carbocycles. The number of esters is 1. The van der Waals surface area contributed by atoms with Gasteiger partial charge < -0.3 is 10.1 Å². The Balaban J connectivity index is 1.33. The van der Waals surface area contributed by atoms with Gasteiger partial charge in [-0.3, -0.25) is 14.6 Å². The number of nitrogens with zero attached hydrogens (tertiary/aromatic N) is 2. The smallest absolute Gasteiger partial charge is 0.341 e. The Morgan fingerprint density at radius 2 is 1.97 bits per heavy atom. The Hall–Kier alpha value is -2.00. The fourth-order valence-electron chi connectivity index (χ4n) is 4.52. The number of thiophene rings is 1. The molecule has 4 rings (SSSR count). The van der Waals surface area contributed by atoms with Crippen molar-refractivity contribution in [2.45, 2.75) is 32.7 Å². The zero-order valence-electron chi connectivity index (χ0n) is 19.0. The van der Waals surface area contributed by atoms with Gasteiger partial charge >= 0.3 is 5.97 Å². The van der Waals surface area contributed by atoms with E-state index in [2.05, 4.69) is 22.0 Å². The number of methoxy groups -OCH3 is 1. The summed E-state index contributed by atoms with van der Waals surface area (Å²) in [7, 11) is 1.38. The number of benzene rings is 1. The number of rotatable bonds is 6. The largest absolute Gasteiger partial charge is 0.465 e. The summed E-state index contributed by atoms with van der Waals surface area (Å²) >= 11 is 7.66. The van der Waals surface area contributed by atoms with Crippen LogP contribution in [-0.2, 0) is 28.9 Å². The van der Waals surface area contributed by atoms with Gasteiger partial charge in [0, 0.05) is 42.6 Å². The third-order valence-corrected chi connectivity index (χ3v) is 7.92. The molecule has 0 saturated carbocycles. The molecular weight excluding hydrogens is 465 g/mol. The first kappa shape index (κ1) is 24.1. The minimum atomic E-state index is -0.384. The van der Waals surface area contributed by atoms with Gasteiger partial charge in [0.2, 0.25) is 5.91 Å². The second-order valence-electron chi connectivity index (χ2n) is 8.88. The summed E-state index contributed by atoms with van der Waals surface area (Å²) in [4.78, 5) is 30.8. The van der Waals surface area contributed by atoms with Gasteiger partial charge in [-0.15, -0.1) is 11.3 Å². The number of piperazine rings is 1. The highest BCUT2D eigenvalue weighted by Crippen LogP contribution is 2.40. The van der Waals surface area contributed by atoms with E-state index in [1.165, 1.54) is 35.5 Å². The van der Waals surface area contributed by atoms with Crippen LogP contribution < -0.4 is 5.32 Å². The number of carbonyl (C=O) groups is 2. The van der Waals surface area contributed by atoms with Gasteiger partial charge in [-0.1, -0.05) is 24.6 Å². The molecule has 1 saturated heterocycles. The summed E-state index contributed by atoms with van der Waals surface area (Å²) in [5.74, 6) is -0.269. The highest BCUT2D eigenvalue weighted by atomic mass is 35.5. The molecule has 1 unspecified atom stereocenters. The monoisotopic (exact) mass is 493 g/mol. The van der Waals surface area contributed by atoms with Gasteiger partial charge in [0.25, 0.3) is 0 Å². The second-order valence-corrected chi connectivity index (χ2v) is 10.4. The number of nitrogens with one attached hydrogen (secondary N) is 1. The van der Waals surface area contributed by atoms with Crippen LogP contribution in [0.2, 0.25) is 5.02 Å². The van der Waals surface area contributed by atoms with Gasteiger partial charge in [0.1, 0.15) is 10.8 Å². The van der Waals surface area contributed by atoms with E-state index in [0.29, 0.717) is 28.0 Å². The van der Waals surface area contributed by atoms with Gasteiger partial charge in [-0.25, -0.2) is 9.18 Å². The highest BCUT2D eigenvalue weighted by Gasteiger charge is 2.29. The molecule has 9 heteroatoms. The summed E-state index contributed by atoms with van der Waals surface area (Å²) in [6, 6.07) is 4.48. The van der Waals surface area contributed by atoms with E-state index in [9.17, 15) is 14.0 Å². The molecular formula is C24H29ClFN3O3S. The highest BCUT2D eigenvalue weighted by molar-refractivity contribution is 7.17. The maximum atomic E-state index is 13.3. The van der Waals surface area contributed by atoms with Crippen LogP contribution in [0.15, 0.2) is 18.2 Å². The molecule has 1 aliphatic heterocycles. The first-order valence-corrected chi connectivity index (χ1v) is 12.4. The summed E-state index contributed by atoms with van der Waals surface area (Å²) < 4.78 is 18.3. The molecule has 1 aromatic heterocycles. The molecule has 1 atom stereocenters. The predicted molar refractivity (Wildman–Crippen MR) is 129 cm³/mol. The Morgan fingerprint density at radius 1 is 1.24 bits per heavy atom. The third kappa shape index (κ3) is 5.74. The van der Waals surface area contributed by atoms with Crippen LogP contribution in [0.25, 0.3) is 0 Å². The minimum Gasteiger partial charge on any atom is -0.465 e. The topological polar surface area (TPSA) is 61.9 Å². The van der Waals surface area contributed by atoms with Crippen LogP contribution in [-0.4, -0.2) is 61.5 Å². The van der Waals surface area contributed by atoms with Crippen molar-refractivity contribution in [2.75, 3.05) is 45.2 Å². The van der Waals surface area contributed by atoms with Crippen LogP contribution in [0.5, 0.6) is 0 Å². The van der Waals surface area contributed by atoms with Gasteiger partial charge in [0.05, 0.1) is 19.2 Å². The third-order valence-electron chi connectivity index (χ3n) is 6.40. The SMILES string of the molecule is COC(=O)c1c(NC(=O)CN2CCN(Cc3ccc(F)cc3Cl)CC2)sc2c1CCC(C)C2. The van der Waals surface area contributed by atoms with E-state index in [1.807, 2.05) is 0 Å². The number of fused-ring (bicyclic) bond motifs is 1. The summed E-state index contributed by atoms with van der Waals surface area (Å²) in [5, 5.41) is 4.02. The average Bonchev–Trinajstić information content (AvgIpc) is 3.13. The van der Waals surface area contributed by atoms with Crippen molar-refractivity contribution in [1.82, 2.24) is 9.80 Å². The Kier molecular flexibility index (Phi) is 7.69. The summed E-state index contributed by atoms with van der Waals surface area (Å²) in [5.41, 5.74) is 2.46. The predicted octanol–water partition coefficient (Wildman–Crippen LogP) is 4.21. The molecule has 178 valence electrons. The van der Waals surface area contributed by atoms with E-state index in [4.69, 9.17) is 16.3 Å². The number of anilines is 1. The van der Waals surface area contributed by atoms with Gasteiger partial charge in [-0.05, 0) is 48.4 Å². The summed E-state index contributed by atoms with van der Waals surface area (Å²) in [6.07, 6.45) is 2.81. The number of hydrogen-bond acceptors (Lipinski definition) is 6. The molecule has 1 aromatic carbocycles. The van der Waals surface area contributed by atoms with Crippen molar-refractivity contribution in [1.29, 1.82) is 0 Å². The Bertz CT molecular complexity index is 1040. The zero-order chi connectivity index (χ0) is 23.5. The van der Waals surface area contributed by atoms with Gasteiger partial charge in [-0.2, -0.15) is 0 Å². The first-order chi connectivity index (χ1) is 15.8. The van der Waals surface area contributed by atoms with E-state index in [0.717, 1.165) is 56.6 Å². The normalized spacial score (nSPS) is 19.2. The Morgan fingerprint density at radius 3 is 2.67 bits per heavy atom. The van der Waals surface area contributed by atoms with E-state index < -0.39 is 0 Å². The first-order valence-electron chi connectivity index (χ1n) is 11.3. The maximum absolute atomic E-state index is 13.3. The zero-order valence-corrected chi connectivity index (χ0v) is 20.5. The molecule has 0 bridgehead atoms. The molecule has 2 aliphatic rings. The lowest BCUT2D eigenvalue weighted by molar-refractivity contribution is -0.117. The fraction of sp³-hybridized carbons (Fsp3) is 0.500. The molecule has 2 aromatic rings. The molecule has 1 amide bonds. The van der Waals surface area contributed by atoms with Crippen molar-refractivity contribution in [3.05, 3.63) is 50.6 Å². The van der Waals surface area contributed by atoms with Crippen molar-refractivity contribution in [3.8, 4) is 0 Å². The molecule has 0 spiro atoms. The maximum Gasteiger partial charge on any atom is 0.341 e. The lowest BCUT2D eigenvalue weighted by Crippen LogP contribution is -2.48. The standard InChI is InChI=1S/C24H29ClFN3O3S/c1-15-3-6-18-20(11-15)33-23(22(18)24(31)32-2)27-21(30)14-29-9-7-28(8-10-29)13-16-4-5-17(26)12-19(16)25/h4-5,12,15H,3,6-11,13-14H2,1-2H3,(H,27,30). The average molecular weight is 494 g/mol. The molecule has 6 nitrogen and oxygen atoms in total. The van der Waals surface area contributed by atoms with Crippen LogP contribution in [0.4, 0.5) is 9.39 Å². The number of halogens is 2. The molecule has 1 fully saturated rings.